The van der Waals surface area contributed by atoms with Crippen molar-refractivity contribution in [3.05, 3.63) is 0 Å². The van der Waals surface area contributed by atoms with Crippen LogP contribution in [-0.2, 0) is 14.0 Å². The highest BCUT2D eigenvalue weighted by atomic mass is 35.5. The summed E-state index contributed by atoms with van der Waals surface area (Å²) in [4.78, 5) is 17.8. The molecule has 0 saturated carbocycles. The van der Waals surface area contributed by atoms with Crippen molar-refractivity contribution in [2.24, 2.45) is 0 Å². The summed E-state index contributed by atoms with van der Waals surface area (Å²) >= 11 is 0. The molecule has 0 amide bonds. The Morgan fingerprint density at radius 3 is 2.10 bits per heavy atom. The third-order valence-corrected chi connectivity index (χ3v) is 1.39. The van der Waals surface area contributed by atoms with Gasteiger partial charge in [0, 0.05) is 0 Å². The molecule has 0 bridgehead atoms. The van der Waals surface area contributed by atoms with Gasteiger partial charge in [-0.2, -0.15) is 4.67 Å². The second kappa shape index (κ2) is 4.65. The third kappa shape index (κ3) is 6.00. The Hall–Kier alpha value is -0.130. The second-order valence-corrected chi connectivity index (χ2v) is 3.03. The average molecular weight is 192 g/mol. The van der Waals surface area contributed by atoms with Gasteiger partial charge in [0.05, 0.1) is 0 Å². The van der Waals surface area contributed by atoms with E-state index in [0.717, 1.165) is 0 Å². The van der Waals surface area contributed by atoms with Gasteiger partial charge in [-0.15, -0.1) is 12.4 Å². The quantitative estimate of drug-likeness (QED) is 0.334. The molecule has 0 rings (SSSR count). The molecule has 1 unspecified atom stereocenters. The lowest BCUT2D eigenvalue weighted by atomic mass is 10.8. The lowest BCUT2D eigenvalue weighted by molar-refractivity contribution is -0.149. The molecule has 0 radical (unpaired) electrons. The Morgan fingerprint density at radius 2 is 2.00 bits per heavy atom. The monoisotopic (exact) mass is 192 g/mol. The van der Waals surface area contributed by atoms with Crippen LogP contribution in [0.1, 0.15) is 0 Å². The smallest absolute Gasteiger partial charge is 0.366 e. The average Bonchev–Trinajstić information content (AvgIpc) is 1.63. The highest BCUT2D eigenvalue weighted by Gasteiger charge is 2.23. The van der Waals surface area contributed by atoms with E-state index in [2.05, 4.69) is 4.67 Å². The molecule has 10 heavy (non-hydrogen) atoms. The fourth-order valence-electron chi connectivity index (χ4n) is 0.200. The molecule has 0 aromatic heterocycles. The topological polar surface area (TPSA) is 104 Å². The van der Waals surface area contributed by atoms with Crippen LogP contribution in [0.25, 0.3) is 0 Å². The fraction of sp³-hybridized carbons (Fsp3) is 0.500. The Balaban J connectivity index is 0. The van der Waals surface area contributed by atoms with Gasteiger partial charge in [0.25, 0.3) is 0 Å². The number of carboxylic acid groups (broad SMARTS) is 1. The second-order valence-electron chi connectivity index (χ2n) is 1.27. The maximum atomic E-state index is 10.1. The number of hydrogen-bond donors (Lipinski definition) is 3. The Labute approximate surface area is 62.3 Å². The van der Waals surface area contributed by atoms with Crippen LogP contribution in [0.15, 0.2) is 0 Å². The van der Waals surface area contributed by atoms with Crippen molar-refractivity contribution in [1.29, 1.82) is 0 Å². The first-order valence-electron chi connectivity index (χ1n) is 1.85. The van der Waals surface area contributed by atoms with Crippen molar-refractivity contribution in [2.75, 3.05) is 6.16 Å². The minimum atomic E-state index is -4.27. The summed E-state index contributed by atoms with van der Waals surface area (Å²) in [5.41, 5.74) is 0. The maximum Gasteiger partial charge on any atom is 0.366 e. The summed E-state index contributed by atoms with van der Waals surface area (Å²) in [5, 5.41) is 15.4. The highest BCUT2D eigenvalue weighted by molar-refractivity contribution is 7.53. The summed E-state index contributed by atoms with van der Waals surface area (Å²) in [5.74, 6) is -1.50. The van der Waals surface area contributed by atoms with Crippen LogP contribution in [-0.4, -0.2) is 27.4 Å². The van der Waals surface area contributed by atoms with E-state index in [1.165, 1.54) is 0 Å². The zero-order valence-electron chi connectivity index (χ0n) is 4.63. The molecular formula is C2H6ClO6P. The van der Waals surface area contributed by atoms with Crippen LogP contribution < -0.4 is 0 Å². The number of carbonyl (C=O) groups is 1. The molecule has 1 atom stereocenters. The zero-order chi connectivity index (χ0) is 7.49. The molecule has 0 saturated heterocycles. The standard InChI is InChI=1S/C2H5O6P.ClH/c3-2(4)1-9(6,7)8-5;/h5H,1H2,(H,3,4)(H,6,7);1H. The summed E-state index contributed by atoms with van der Waals surface area (Å²) in [7, 11) is -4.27. The Bertz CT molecular complexity index is 156. The van der Waals surface area contributed by atoms with Gasteiger partial charge < -0.3 is 10.00 Å². The largest absolute Gasteiger partial charge is 0.481 e. The van der Waals surface area contributed by atoms with Crippen LogP contribution >= 0.6 is 20.0 Å². The molecule has 6 nitrogen and oxygen atoms in total. The van der Waals surface area contributed by atoms with Gasteiger partial charge in [-0.05, 0) is 0 Å². The van der Waals surface area contributed by atoms with E-state index in [-0.39, 0.29) is 12.4 Å². The van der Waals surface area contributed by atoms with E-state index in [1.807, 2.05) is 0 Å². The molecule has 0 fully saturated rings. The minimum Gasteiger partial charge on any atom is -0.481 e. The molecule has 0 aliphatic heterocycles. The van der Waals surface area contributed by atoms with E-state index < -0.39 is 19.7 Å². The van der Waals surface area contributed by atoms with Crippen LogP contribution in [0.3, 0.4) is 0 Å². The molecule has 8 heteroatoms. The molecule has 62 valence electrons. The van der Waals surface area contributed by atoms with Crippen molar-refractivity contribution >= 4 is 26.0 Å². The Morgan fingerprint density at radius 1 is 1.60 bits per heavy atom. The van der Waals surface area contributed by atoms with Crippen LogP contribution in [0.2, 0.25) is 0 Å². The van der Waals surface area contributed by atoms with Gasteiger partial charge in [-0.3, -0.25) is 9.36 Å². The Kier molecular flexibility index (Phi) is 5.83. The van der Waals surface area contributed by atoms with Crippen LogP contribution in [0, 0.1) is 0 Å². The molecule has 0 spiro atoms. The first-order chi connectivity index (χ1) is 3.98. The fourth-order valence-corrected chi connectivity index (χ4v) is 0.599. The summed E-state index contributed by atoms with van der Waals surface area (Å²) in [6.45, 7) is 0. The number of hydrogen-bond acceptors (Lipinski definition) is 4. The zero-order valence-corrected chi connectivity index (χ0v) is 6.34. The number of rotatable bonds is 3. The van der Waals surface area contributed by atoms with Gasteiger partial charge in [0.15, 0.2) is 0 Å². The first kappa shape index (κ1) is 12.5. The van der Waals surface area contributed by atoms with Gasteiger partial charge >= 0.3 is 13.6 Å². The van der Waals surface area contributed by atoms with E-state index >= 15 is 0 Å². The predicted molar refractivity (Wildman–Crippen MR) is 33.3 cm³/mol. The van der Waals surface area contributed by atoms with E-state index in [4.69, 9.17) is 15.3 Å². The minimum absolute atomic E-state index is 0. The maximum absolute atomic E-state index is 10.1. The van der Waals surface area contributed by atoms with Crippen LogP contribution in [0.5, 0.6) is 0 Å². The van der Waals surface area contributed by atoms with Crippen molar-refractivity contribution in [3.8, 4) is 0 Å². The third-order valence-electron chi connectivity index (χ3n) is 0.463. The van der Waals surface area contributed by atoms with Crippen LogP contribution in [0.4, 0.5) is 0 Å². The molecule has 0 aliphatic carbocycles. The lowest BCUT2D eigenvalue weighted by Gasteiger charge is -2.00. The SMILES string of the molecule is Cl.O=C(O)CP(=O)(O)OO. The predicted octanol–water partition coefficient (Wildman–Crippen LogP) is 0.168. The number of carboxylic acids is 1. The normalized spacial score (nSPS) is 15.0. The van der Waals surface area contributed by atoms with Gasteiger partial charge in [-0.1, -0.05) is 0 Å². The molecular weight excluding hydrogens is 186 g/mol. The summed E-state index contributed by atoms with van der Waals surface area (Å²) in [6.07, 6.45) is -1.09. The van der Waals surface area contributed by atoms with Gasteiger partial charge in [-0.25, -0.2) is 5.26 Å². The van der Waals surface area contributed by atoms with E-state index in [9.17, 15) is 9.36 Å². The molecule has 3 N–H and O–H groups in total. The van der Waals surface area contributed by atoms with E-state index in [1.54, 1.807) is 0 Å². The lowest BCUT2D eigenvalue weighted by Crippen LogP contribution is -2.03. The summed E-state index contributed by atoms with van der Waals surface area (Å²) < 4.78 is 13.1. The first-order valence-corrected chi connectivity index (χ1v) is 3.61. The molecule has 0 aromatic rings. The van der Waals surface area contributed by atoms with Crippen molar-refractivity contribution in [1.82, 2.24) is 0 Å². The molecule has 0 aromatic carbocycles. The number of aliphatic carboxylic acids is 1. The van der Waals surface area contributed by atoms with Crippen molar-refractivity contribution in [3.63, 3.8) is 0 Å². The van der Waals surface area contributed by atoms with Gasteiger partial charge in [0.2, 0.25) is 0 Å². The highest BCUT2D eigenvalue weighted by Crippen LogP contribution is 2.39. The number of halogens is 1. The van der Waals surface area contributed by atoms with Crippen molar-refractivity contribution in [2.45, 2.75) is 0 Å². The van der Waals surface area contributed by atoms with E-state index in [0.29, 0.717) is 0 Å². The molecule has 0 heterocycles. The van der Waals surface area contributed by atoms with Crippen molar-refractivity contribution < 1.29 is 29.3 Å². The molecule has 0 aliphatic rings. The van der Waals surface area contributed by atoms with Gasteiger partial charge in [0.1, 0.15) is 6.16 Å². The summed E-state index contributed by atoms with van der Waals surface area (Å²) in [6, 6.07) is 0.